The van der Waals surface area contributed by atoms with E-state index in [0.717, 1.165) is 0 Å². The van der Waals surface area contributed by atoms with Gasteiger partial charge < -0.3 is 9.84 Å². The molecule has 0 radical (unpaired) electrons. The SMILES string of the molecule is B[C@@H]1O[C@H](CO)C[C@@H]1C(F)(F)F. The highest BCUT2D eigenvalue weighted by Crippen LogP contribution is 2.37. The molecule has 0 aromatic carbocycles. The van der Waals surface area contributed by atoms with Gasteiger partial charge in [-0.2, -0.15) is 13.2 Å². The summed E-state index contributed by atoms with van der Waals surface area (Å²) in [6, 6.07) is -0.831. The van der Waals surface area contributed by atoms with Crippen molar-refractivity contribution in [2.24, 2.45) is 5.92 Å². The van der Waals surface area contributed by atoms with E-state index < -0.39 is 24.2 Å². The summed E-state index contributed by atoms with van der Waals surface area (Å²) in [7, 11) is 1.38. The summed E-state index contributed by atoms with van der Waals surface area (Å²) in [6.45, 7) is -0.336. The second kappa shape index (κ2) is 3.26. The van der Waals surface area contributed by atoms with E-state index in [2.05, 4.69) is 0 Å². The Hall–Kier alpha value is -0.225. The van der Waals surface area contributed by atoms with Crippen LogP contribution in [0.2, 0.25) is 0 Å². The van der Waals surface area contributed by atoms with E-state index in [1.807, 2.05) is 0 Å². The third-order valence-electron chi connectivity index (χ3n) is 2.11. The molecule has 0 aromatic heterocycles. The van der Waals surface area contributed by atoms with E-state index >= 15 is 0 Å². The molecule has 12 heavy (non-hydrogen) atoms. The number of rotatable bonds is 1. The Kier molecular flexibility index (Phi) is 2.68. The molecule has 1 saturated heterocycles. The van der Waals surface area contributed by atoms with E-state index in [1.54, 1.807) is 0 Å². The lowest BCUT2D eigenvalue weighted by Crippen LogP contribution is -2.30. The first-order valence-electron chi connectivity index (χ1n) is 3.78. The third-order valence-corrected chi connectivity index (χ3v) is 2.11. The van der Waals surface area contributed by atoms with Crippen LogP contribution in [0.15, 0.2) is 0 Å². The van der Waals surface area contributed by atoms with Crippen molar-refractivity contribution >= 4 is 7.85 Å². The van der Waals surface area contributed by atoms with Crippen molar-refractivity contribution in [2.75, 3.05) is 6.61 Å². The van der Waals surface area contributed by atoms with Crippen LogP contribution in [0.5, 0.6) is 0 Å². The molecule has 0 unspecified atom stereocenters. The summed E-state index contributed by atoms with van der Waals surface area (Å²) < 4.78 is 41.4. The highest BCUT2D eigenvalue weighted by atomic mass is 19.4. The Bertz CT molecular complexity index is 161. The number of halogens is 3. The third kappa shape index (κ3) is 1.92. The summed E-state index contributed by atoms with van der Waals surface area (Å²) in [6.07, 6.45) is -4.98. The highest BCUT2D eigenvalue weighted by Gasteiger charge is 2.48. The van der Waals surface area contributed by atoms with Crippen LogP contribution in [0.25, 0.3) is 0 Å². The number of hydrogen-bond donors (Lipinski definition) is 1. The van der Waals surface area contributed by atoms with E-state index in [4.69, 9.17) is 9.84 Å². The Labute approximate surface area is 69.1 Å². The largest absolute Gasteiger partial charge is 0.394 e. The van der Waals surface area contributed by atoms with Gasteiger partial charge in [-0.3, -0.25) is 0 Å². The number of aliphatic hydroxyl groups excluding tert-OH is 1. The van der Waals surface area contributed by atoms with Crippen LogP contribution in [0, 0.1) is 5.92 Å². The van der Waals surface area contributed by atoms with Gasteiger partial charge in [-0.15, -0.1) is 0 Å². The fraction of sp³-hybridized carbons (Fsp3) is 1.00. The molecule has 1 aliphatic heterocycles. The maximum atomic E-state index is 12.2. The summed E-state index contributed by atoms with van der Waals surface area (Å²) in [5.74, 6) is -1.42. The minimum Gasteiger partial charge on any atom is -0.394 e. The lowest BCUT2D eigenvalue weighted by molar-refractivity contribution is -0.177. The van der Waals surface area contributed by atoms with Gasteiger partial charge in [-0.1, -0.05) is 0 Å². The van der Waals surface area contributed by atoms with Gasteiger partial charge in [0.15, 0.2) is 0 Å². The maximum Gasteiger partial charge on any atom is 0.393 e. The minimum atomic E-state index is -4.21. The number of aliphatic hydroxyl groups is 1. The normalized spacial score (nSPS) is 37.2. The molecule has 1 aliphatic rings. The van der Waals surface area contributed by atoms with Gasteiger partial charge in [-0.25, -0.2) is 0 Å². The number of hydrogen-bond acceptors (Lipinski definition) is 2. The zero-order valence-electron chi connectivity index (χ0n) is 6.64. The summed E-state index contributed by atoms with van der Waals surface area (Å²) >= 11 is 0. The molecule has 0 bridgehead atoms. The first-order chi connectivity index (χ1) is 5.45. The smallest absolute Gasteiger partial charge is 0.393 e. The Balaban J connectivity index is 2.58. The Morgan fingerprint density at radius 3 is 2.33 bits per heavy atom. The van der Waals surface area contributed by atoms with Crippen LogP contribution >= 0.6 is 0 Å². The Morgan fingerprint density at radius 2 is 2.08 bits per heavy atom. The zero-order chi connectivity index (χ0) is 9.35. The molecule has 1 heterocycles. The van der Waals surface area contributed by atoms with Gasteiger partial charge in [0.25, 0.3) is 0 Å². The van der Waals surface area contributed by atoms with Crippen molar-refractivity contribution < 1.29 is 23.0 Å². The van der Waals surface area contributed by atoms with Gasteiger partial charge >= 0.3 is 6.18 Å². The fourth-order valence-corrected chi connectivity index (χ4v) is 1.45. The van der Waals surface area contributed by atoms with Crippen molar-refractivity contribution in [3.05, 3.63) is 0 Å². The van der Waals surface area contributed by atoms with Crippen LogP contribution in [0.3, 0.4) is 0 Å². The van der Waals surface area contributed by atoms with Gasteiger partial charge in [0, 0.05) is 6.00 Å². The lowest BCUT2D eigenvalue weighted by atomic mass is 9.86. The molecule has 0 spiro atoms. The van der Waals surface area contributed by atoms with Gasteiger partial charge in [0.05, 0.1) is 18.6 Å². The molecule has 70 valence electrons. The summed E-state index contributed by atoms with van der Waals surface area (Å²) in [4.78, 5) is 0. The molecule has 0 amide bonds. The van der Waals surface area contributed by atoms with Crippen molar-refractivity contribution in [1.29, 1.82) is 0 Å². The molecule has 1 fully saturated rings. The van der Waals surface area contributed by atoms with Crippen LogP contribution < -0.4 is 0 Å². The molecule has 1 rings (SSSR count). The molecule has 3 atom stereocenters. The van der Waals surface area contributed by atoms with Crippen LogP contribution in [-0.2, 0) is 4.74 Å². The van der Waals surface area contributed by atoms with E-state index in [-0.39, 0.29) is 13.0 Å². The first-order valence-corrected chi connectivity index (χ1v) is 3.78. The van der Waals surface area contributed by atoms with E-state index in [1.165, 1.54) is 7.85 Å². The quantitative estimate of drug-likeness (QED) is 0.574. The predicted octanol–water partition coefficient (Wildman–Crippen LogP) is -0.0947. The summed E-state index contributed by atoms with van der Waals surface area (Å²) in [5, 5.41) is 8.57. The minimum absolute atomic E-state index is 0.124. The number of alkyl halides is 3. The molecule has 0 aliphatic carbocycles. The molecule has 2 nitrogen and oxygen atoms in total. The zero-order valence-corrected chi connectivity index (χ0v) is 6.64. The summed E-state index contributed by atoms with van der Waals surface area (Å²) in [5.41, 5.74) is 0. The van der Waals surface area contributed by atoms with E-state index in [9.17, 15) is 13.2 Å². The topological polar surface area (TPSA) is 29.5 Å². The monoisotopic (exact) mass is 182 g/mol. The average Bonchev–Trinajstić information content (AvgIpc) is 2.29. The van der Waals surface area contributed by atoms with Crippen molar-refractivity contribution in [1.82, 2.24) is 0 Å². The highest BCUT2D eigenvalue weighted by molar-refractivity contribution is 6.11. The molecule has 0 aromatic rings. The standard InChI is InChI=1S/C6H10BF3O2/c7-5-4(6(8,9)10)1-3(2-11)12-5/h3-5,11H,1-2,7H2/t3-,4-,5+/m0/s1. The van der Waals surface area contributed by atoms with Crippen molar-refractivity contribution in [3.8, 4) is 0 Å². The van der Waals surface area contributed by atoms with E-state index in [0.29, 0.717) is 0 Å². The number of ether oxygens (including phenoxy) is 1. The van der Waals surface area contributed by atoms with Gasteiger partial charge in [0.2, 0.25) is 0 Å². The van der Waals surface area contributed by atoms with Crippen molar-refractivity contribution in [2.45, 2.75) is 24.7 Å². The Morgan fingerprint density at radius 1 is 1.50 bits per heavy atom. The lowest BCUT2D eigenvalue weighted by Gasteiger charge is -2.16. The molecular formula is C6H10BF3O2. The van der Waals surface area contributed by atoms with Crippen LogP contribution in [-0.4, -0.2) is 37.8 Å². The molecular weight excluding hydrogens is 172 g/mol. The van der Waals surface area contributed by atoms with Gasteiger partial charge in [0.1, 0.15) is 7.85 Å². The average molecular weight is 182 g/mol. The van der Waals surface area contributed by atoms with Crippen LogP contribution in [0.4, 0.5) is 13.2 Å². The predicted molar refractivity (Wildman–Crippen MR) is 38.5 cm³/mol. The molecule has 6 heteroatoms. The second-order valence-corrected chi connectivity index (χ2v) is 3.03. The van der Waals surface area contributed by atoms with Crippen LogP contribution in [0.1, 0.15) is 6.42 Å². The van der Waals surface area contributed by atoms with Gasteiger partial charge in [-0.05, 0) is 6.42 Å². The fourth-order valence-electron chi connectivity index (χ4n) is 1.45. The maximum absolute atomic E-state index is 12.2. The molecule has 1 N–H and O–H groups in total. The first kappa shape index (κ1) is 9.86. The second-order valence-electron chi connectivity index (χ2n) is 3.03. The van der Waals surface area contributed by atoms with Crippen molar-refractivity contribution in [3.63, 3.8) is 0 Å². The molecule has 0 saturated carbocycles.